The molecule has 0 unspecified atom stereocenters. The van der Waals surface area contributed by atoms with Crippen LogP contribution in [0.4, 0.5) is 5.69 Å². The summed E-state index contributed by atoms with van der Waals surface area (Å²) in [6.45, 7) is 3.25. The van der Waals surface area contributed by atoms with Crippen LogP contribution in [0.2, 0.25) is 0 Å². The van der Waals surface area contributed by atoms with E-state index in [1.54, 1.807) is 6.20 Å². The van der Waals surface area contributed by atoms with Gasteiger partial charge < -0.3 is 14.6 Å². The van der Waals surface area contributed by atoms with Crippen LogP contribution in [0.5, 0.6) is 0 Å². The third-order valence-electron chi connectivity index (χ3n) is 3.95. The maximum atomic E-state index is 12.2. The minimum Gasteiger partial charge on any atom is -0.378 e. The molecule has 5 heteroatoms. The summed E-state index contributed by atoms with van der Waals surface area (Å²) >= 11 is 0. The summed E-state index contributed by atoms with van der Waals surface area (Å²) in [6.07, 6.45) is 1.69. The molecule has 5 nitrogen and oxygen atoms in total. The first-order valence-corrected chi connectivity index (χ1v) is 7.06. The Morgan fingerprint density at radius 2 is 1.95 bits per heavy atom. The molecule has 1 aliphatic rings. The van der Waals surface area contributed by atoms with Crippen LogP contribution < -0.4 is 10.5 Å². The molecule has 0 atom stereocenters. The maximum Gasteiger partial charge on any atom is 0.257 e. The van der Waals surface area contributed by atoms with Gasteiger partial charge in [-0.15, -0.1) is 0 Å². The highest BCUT2D eigenvalue weighted by molar-refractivity contribution is 6.05. The van der Waals surface area contributed by atoms with Crippen molar-refractivity contribution in [1.29, 1.82) is 0 Å². The molecule has 0 spiro atoms. The summed E-state index contributed by atoms with van der Waals surface area (Å²) < 4.78 is 5.39. The molecule has 0 radical (unpaired) electrons. The minimum atomic E-state index is -0.0928. The number of pyridine rings is 2. The highest BCUT2D eigenvalue weighted by atomic mass is 16.5. The monoisotopic (exact) mass is 281 g/mol. The zero-order chi connectivity index (χ0) is 14.2. The second-order valence-electron chi connectivity index (χ2n) is 5.18. The molecular weight excluding hydrogens is 266 g/mol. The van der Waals surface area contributed by atoms with E-state index in [0.29, 0.717) is 11.0 Å². The van der Waals surface area contributed by atoms with E-state index in [2.05, 4.69) is 20.9 Å². The van der Waals surface area contributed by atoms with Gasteiger partial charge in [-0.05, 0) is 30.3 Å². The lowest BCUT2D eigenvalue weighted by Gasteiger charge is -2.29. The van der Waals surface area contributed by atoms with Crippen molar-refractivity contribution >= 4 is 27.5 Å². The number of aromatic amines is 1. The van der Waals surface area contributed by atoms with Crippen molar-refractivity contribution in [3.63, 3.8) is 0 Å². The highest BCUT2D eigenvalue weighted by Gasteiger charge is 2.13. The van der Waals surface area contributed by atoms with E-state index in [0.717, 1.165) is 42.8 Å². The number of fused-ring (bicyclic) bond motifs is 3. The Bertz CT molecular complexity index is 866. The van der Waals surface area contributed by atoms with Crippen LogP contribution in [0, 0.1) is 0 Å². The summed E-state index contributed by atoms with van der Waals surface area (Å²) in [4.78, 5) is 21.5. The normalized spacial score (nSPS) is 15.7. The van der Waals surface area contributed by atoms with Crippen molar-refractivity contribution in [3.8, 4) is 0 Å². The second-order valence-corrected chi connectivity index (χ2v) is 5.18. The number of H-pyrrole nitrogens is 1. The Labute approximate surface area is 121 Å². The molecule has 1 saturated heterocycles. The van der Waals surface area contributed by atoms with Crippen LogP contribution in [0.25, 0.3) is 21.8 Å². The Morgan fingerprint density at radius 3 is 2.81 bits per heavy atom. The molecule has 0 amide bonds. The van der Waals surface area contributed by atoms with Crippen molar-refractivity contribution < 1.29 is 4.74 Å². The van der Waals surface area contributed by atoms with Crippen molar-refractivity contribution in [3.05, 3.63) is 46.9 Å². The number of hydrogen-bond donors (Lipinski definition) is 1. The van der Waals surface area contributed by atoms with Gasteiger partial charge in [-0.3, -0.25) is 4.79 Å². The standard InChI is InChI=1S/C16H15N3O2/c20-16-13-4-3-11(19-6-8-21-9-7-19)10-14(13)12-2-1-5-17-15(12)18-16/h1-5,10H,6-9H2,(H,17,18,20). The molecule has 3 heterocycles. The molecule has 0 bridgehead atoms. The smallest absolute Gasteiger partial charge is 0.257 e. The fourth-order valence-electron chi connectivity index (χ4n) is 2.87. The lowest BCUT2D eigenvalue weighted by molar-refractivity contribution is 0.122. The fourth-order valence-corrected chi connectivity index (χ4v) is 2.87. The molecular formula is C16H15N3O2. The topological polar surface area (TPSA) is 58.2 Å². The Kier molecular flexibility index (Phi) is 2.86. The Hall–Kier alpha value is -2.40. The van der Waals surface area contributed by atoms with Gasteiger partial charge in [0, 0.05) is 41.1 Å². The van der Waals surface area contributed by atoms with Gasteiger partial charge in [0.15, 0.2) is 0 Å². The van der Waals surface area contributed by atoms with Crippen LogP contribution >= 0.6 is 0 Å². The van der Waals surface area contributed by atoms with Crippen LogP contribution in [-0.2, 0) is 4.74 Å². The SMILES string of the molecule is O=c1[nH]c2ncccc2c2cc(N3CCOCC3)ccc12. The molecule has 1 aromatic carbocycles. The third-order valence-corrected chi connectivity index (χ3v) is 3.95. The predicted octanol–water partition coefficient (Wildman–Crippen LogP) is 1.91. The van der Waals surface area contributed by atoms with Crippen molar-refractivity contribution in [2.45, 2.75) is 0 Å². The van der Waals surface area contributed by atoms with Crippen molar-refractivity contribution in [2.24, 2.45) is 0 Å². The number of aromatic nitrogens is 2. The first-order valence-electron chi connectivity index (χ1n) is 7.06. The highest BCUT2D eigenvalue weighted by Crippen LogP contribution is 2.25. The Balaban J connectivity index is 1.96. The number of nitrogens with zero attached hydrogens (tertiary/aromatic N) is 2. The maximum absolute atomic E-state index is 12.2. The predicted molar refractivity (Wildman–Crippen MR) is 82.9 cm³/mol. The zero-order valence-electron chi connectivity index (χ0n) is 11.5. The van der Waals surface area contributed by atoms with Crippen LogP contribution in [0.15, 0.2) is 41.3 Å². The average Bonchev–Trinajstić information content (AvgIpc) is 2.55. The number of rotatable bonds is 1. The van der Waals surface area contributed by atoms with Gasteiger partial charge in [-0.2, -0.15) is 0 Å². The largest absolute Gasteiger partial charge is 0.378 e. The minimum absolute atomic E-state index is 0.0928. The molecule has 21 heavy (non-hydrogen) atoms. The summed E-state index contributed by atoms with van der Waals surface area (Å²) in [5.74, 6) is 0. The summed E-state index contributed by atoms with van der Waals surface area (Å²) in [7, 11) is 0. The van der Waals surface area contributed by atoms with E-state index < -0.39 is 0 Å². The number of anilines is 1. The van der Waals surface area contributed by atoms with Crippen LogP contribution in [0.1, 0.15) is 0 Å². The van der Waals surface area contributed by atoms with E-state index in [9.17, 15) is 4.79 Å². The molecule has 0 aliphatic carbocycles. The zero-order valence-corrected chi connectivity index (χ0v) is 11.5. The summed E-state index contributed by atoms with van der Waals surface area (Å²) in [5.41, 5.74) is 1.67. The lowest BCUT2D eigenvalue weighted by Crippen LogP contribution is -2.36. The van der Waals surface area contributed by atoms with Gasteiger partial charge in [-0.1, -0.05) is 0 Å². The lowest BCUT2D eigenvalue weighted by atomic mass is 10.1. The quantitative estimate of drug-likeness (QED) is 0.692. The van der Waals surface area contributed by atoms with E-state index in [4.69, 9.17) is 4.74 Å². The van der Waals surface area contributed by atoms with Gasteiger partial charge in [-0.25, -0.2) is 4.98 Å². The second kappa shape index (κ2) is 4.86. The molecule has 4 rings (SSSR count). The Morgan fingerprint density at radius 1 is 1.10 bits per heavy atom. The number of nitrogens with one attached hydrogen (secondary N) is 1. The molecule has 0 saturated carbocycles. The van der Waals surface area contributed by atoms with Crippen LogP contribution in [0.3, 0.4) is 0 Å². The van der Waals surface area contributed by atoms with E-state index in [1.165, 1.54) is 0 Å². The molecule has 3 aromatic rings. The van der Waals surface area contributed by atoms with E-state index in [-0.39, 0.29) is 5.56 Å². The van der Waals surface area contributed by atoms with Gasteiger partial charge in [0.1, 0.15) is 5.65 Å². The summed E-state index contributed by atoms with van der Waals surface area (Å²) in [6, 6.07) is 9.86. The van der Waals surface area contributed by atoms with Crippen molar-refractivity contribution in [2.75, 3.05) is 31.2 Å². The number of hydrogen-bond acceptors (Lipinski definition) is 4. The van der Waals surface area contributed by atoms with Gasteiger partial charge in [0.05, 0.1) is 13.2 Å². The molecule has 2 aromatic heterocycles. The first-order chi connectivity index (χ1) is 10.3. The van der Waals surface area contributed by atoms with Gasteiger partial charge >= 0.3 is 0 Å². The first kappa shape index (κ1) is 12.3. The van der Waals surface area contributed by atoms with Crippen molar-refractivity contribution in [1.82, 2.24) is 9.97 Å². The van der Waals surface area contributed by atoms with Crippen LogP contribution in [-0.4, -0.2) is 36.3 Å². The molecule has 1 fully saturated rings. The molecule has 1 aliphatic heterocycles. The fraction of sp³-hybridized carbons (Fsp3) is 0.250. The van der Waals surface area contributed by atoms with E-state index in [1.807, 2.05) is 24.3 Å². The average molecular weight is 281 g/mol. The number of morpholine rings is 1. The number of benzene rings is 1. The molecule has 1 N–H and O–H groups in total. The molecule has 106 valence electrons. The third kappa shape index (κ3) is 2.06. The van der Waals surface area contributed by atoms with Gasteiger partial charge in [0.2, 0.25) is 0 Å². The number of ether oxygens (including phenoxy) is 1. The van der Waals surface area contributed by atoms with E-state index >= 15 is 0 Å². The van der Waals surface area contributed by atoms with Gasteiger partial charge in [0.25, 0.3) is 5.56 Å². The summed E-state index contributed by atoms with van der Waals surface area (Å²) in [5, 5.41) is 2.63.